The van der Waals surface area contributed by atoms with Crippen molar-refractivity contribution in [3.05, 3.63) is 24.0 Å². The largest absolute Gasteiger partial charge is 0.391 e. The first-order valence-corrected chi connectivity index (χ1v) is 6.40. The van der Waals surface area contributed by atoms with Crippen LogP contribution in [0, 0.1) is 0 Å². The summed E-state index contributed by atoms with van der Waals surface area (Å²) in [4.78, 5) is 14.1. The van der Waals surface area contributed by atoms with Gasteiger partial charge in [0.15, 0.2) is 0 Å². The maximum Gasteiger partial charge on any atom is 0.270 e. The van der Waals surface area contributed by atoms with Gasteiger partial charge in [0.1, 0.15) is 5.69 Å². The Labute approximate surface area is 101 Å². The smallest absolute Gasteiger partial charge is 0.270 e. The van der Waals surface area contributed by atoms with Crippen molar-refractivity contribution in [1.82, 2.24) is 9.47 Å². The van der Waals surface area contributed by atoms with Crippen molar-refractivity contribution < 1.29 is 9.90 Å². The third-order valence-electron chi connectivity index (χ3n) is 3.92. The lowest BCUT2D eigenvalue weighted by Crippen LogP contribution is -2.32. The predicted octanol–water partition coefficient (Wildman–Crippen LogP) is 1.42. The number of amides is 1. The molecule has 2 aliphatic rings. The molecule has 1 amide bonds. The summed E-state index contributed by atoms with van der Waals surface area (Å²) in [5.41, 5.74) is 0.781. The molecule has 1 saturated heterocycles. The minimum absolute atomic E-state index is 0.0680. The van der Waals surface area contributed by atoms with Gasteiger partial charge >= 0.3 is 0 Å². The van der Waals surface area contributed by atoms with Gasteiger partial charge in [-0.25, -0.2) is 0 Å². The second-order valence-corrected chi connectivity index (χ2v) is 5.08. The summed E-state index contributed by atoms with van der Waals surface area (Å²) in [6.07, 6.45) is 5.99. The Kier molecular flexibility index (Phi) is 2.67. The van der Waals surface area contributed by atoms with Crippen molar-refractivity contribution in [3.63, 3.8) is 0 Å². The van der Waals surface area contributed by atoms with E-state index in [9.17, 15) is 9.90 Å². The summed E-state index contributed by atoms with van der Waals surface area (Å²) in [6.45, 7) is 1.16. The maximum atomic E-state index is 12.3. The number of rotatable bonds is 2. The van der Waals surface area contributed by atoms with Gasteiger partial charge in [0.25, 0.3) is 5.91 Å². The van der Waals surface area contributed by atoms with Crippen molar-refractivity contribution >= 4 is 5.91 Å². The summed E-state index contributed by atoms with van der Waals surface area (Å²) in [5.74, 6) is 0.0680. The van der Waals surface area contributed by atoms with E-state index in [0.717, 1.165) is 5.69 Å². The first-order chi connectivity index (χ1) is 8.25. The molecule has 1 aliphatic carbocycles. The summed E-state index contributed by atoms with van der Waals surface area (Å²) < 4.78 is 2.11. The highest BCUT2D eigenvalue weighted by molar-refractivity contribution is 5.93. The number of carbonyl (C=O) groups is 1. The topological polar surface area (TPSA) is 45.5 Å². The van der Waals surface area contributed by atoms with Crippen LogP contribution in [0.3, 0.4) is 0 Å². The molecule has 1 aromatic rings. The summed E-state index contributed by atoms with van der Waals surface area (Å²) in [5, 5.41) is 9.48. The van der Waals surface area contributed by atoms with Gasteiger partial charge in [0.05, 0.1) is 6.10 Å². The van der Waals surface area contributed by atoms with Gasteiger partial charge in [-0.2, -0.15) is 0 Å². The average Bonchev–Trinajstić information content (AvgIpc) is 2.84. The van der Waals surface area contributed by atoms with Crippen molar-refractivity contribution in [2.75, 3.05) is 13.1 Å². The molecular weight excluding hydrogens is 216 g/mol. The number of aliphatic hydroxyl groups is 1. The second kappa shape index (κ2) is 4.18. The molecule has 17 heavy (non-hydrogen) atoms. The summed E-state index contributed by atoms with van der Waals surface area (Å²) in [7, 11) is 0. The van der Waals surface area contributed by atoms with Crippen molar-refractivity contribution in [1.29, 1.82) is 0 Å². The molecule has 0 unspecified atom stereocenters. The lowest BCUT2D eigenvalue weighted by molar-refractivity contribution is 0.0748. The summed E-state index contributed by atoms with van der Waals surface area (Å²) in [6, 6.07) is 4.35. The first-order valence-electron chi connectivity index (χ1n) is 6.40. The molecule has 2 fully saturated rings. The lowest BCUT2D eigenvalue weighted by atomic mass is 9.93. The molecule has 4 nitrogen and oxygen atoms in total. The normalized spacial score (nSPS) is 25.0. The molecule has 92 valence electrons. The molecule has 4 heteroatoms. The molecule has 1 atom stereocenters. The van der Waals surface area contributed by atoms with Crippen LogP contribution >= 0.6 is 0 Å². The van der Waals surface area contributed by atoms with Gasteiger partial charge in [-0.3, -0.25) is 4.79 Å². The van der Waals surface area contributed by atoms with Crippen LogP contribution in [-0.2, 0) is 0 Å². The fourth-order valence-corrected chi connectivity index (χ4v) is 2.65. The molecule has 1 aromatic heterocycles. The van der Waals surface area contributed by atoms with Crippen molar-refractivity contribution in [2.24, 2.45) is 0 Å². The number of aliphatic hydroxyl groups excluding tert-OH is 1. The third-order valence-corrected chi connectivity index (χ3v) is 3.92. The van der Waals surface area contributed by atoms with Crippen LogP contribution in [-0.4, -0.2) is 39.7 Å². The van der Waals surface area contributed by atoms with Gasteiger partial charge in [0.2, 0.25) is 0 Å². The van der Waals surface area contributed by atoms with Gasteiger partial charge in [0, 0.05) is 25.3 Å². The first kappa shape index (κ1) is 10.8. The van der Waals surface area contributed by atoms with Crippen molar-refractivity contribution in [2.45, 2.75) is 37.8 Å². The van der Waals surface area contributed by atoms with E-state index in [0.29, 0.717) is 25.6 Å². The Morgan fingerprint density at radius 1 is 1.35 bits per heavy atom. The lowest BCUT2D eigenvalue weighted by Gasteiger charge is -2.29. The van der Waals surface area contributed by atoms with E-state index in [1.807, 2.05) is 18.3 Å². The van der Waals surface area contributed by atoms with Gasteiger partial charge in [-0.1, -0.05) is 0 Å². The van der Waals surface area contributed by atoms with E-state index in [2.05, 4.69) is 4.57 Å². The standard InChI is InChI=1S/C13H18N2O2/c16-11-6-8-14(9-11)13(17)12-5-2-7-15(12)10-3-1-4-10/h2,5,7,10-11,16H,1,3-4,6,8-9H2/t11-/m1/s1. The molecule has 0 aromatic carbocycles. The van der Waals surface area contributed by atoms with Gasteiger partial charge in [-0.05, 0) is 37.8 Å². The van der Waals surface area contributed by atoms with Gasteiger partial charge in [-0.15, -0.1) is 0 Å². The van der Waals surface area contributed by atoms with E-state index in [-0.39, 0.29) is 12.0 Å². The number of likely N-dealkylation sites (tertiary alicyclic amines) is 1. The number of β-amino-alcohol motifs (C(OH)–C–C–N with tert-alkyl or cyclic N) is 1. The Balaban J connectivity index is 1.79. The Morgan fingerprint density at radius 3 is 2.76 bits per heavy atom. The molecule has 0 spiro atoms. The highest BCUT2D eigenvalue weighted by Gasteiger charge is 2.29. The Bertz CT molecular complexity index is 423. The van der Waals surface area contributed by atoms with Crippen LogP contribution < -0.4 is 0 Å². The molecule has 1 aliphatic heterocycles. The zero-order valence-electron chi connectivity index (χ0n) is 9.88. The minimum atomic E-state index is -0.342. The number of hydrogen-bond acceptors (Lipinski definition) is 2. The zero-order chi connectivity index (χ0) is 11.8. The average molecular weight is 234 g/mol. The molecular formula is C13H18N2O2. The third kappa shape index (κ3) is 1.86. The maximum absolute atomic E-state index is 12.3. The van der Waals surface area contributed by atoms with Gasteiger partial charge < -0.3 is 14.6 Å². The Morgan fingerprint density at radius 2 is 2.18 bits per heavy atom. The molecule has 0 bridgehead atoms. The predicted molar refractivity (Wildman–Crippen MR) is 63.8 cm³/mol. The van der Waals surface area contributed by atoms with Crippen LogP contribution in [0.25, 0.3) is 0 Å². The highest BCUT2D eigenvalue weighted by Crippen LogP contribution is 2.33. The second-order valence-electron chi connectivity index (χ2n) is 5.08. The van der Waals surface area contributed by atoms with E-state index in [4.69, 9.17) is 0 Å². The number of aromatic nitrogens is 1. The summed E-state index contributed by atoms with van der Waals surface area (Å²) >= 11 is 0. The molecule has 1 saturated carbocycles. The fourth-order valence-electron chi connectivity index (χ4n) is 2.65. The quantitative estimate of drug-likeness (QED) is 0.841. The van der Waals surface area contributed by atoms with Crippen LogP contribution in [0.2, 0.25) is 0 Å². The number of hydrogen-bond donors (Lipinski definition) is 1. The fraction of sp³-hybridized carbons (Fsp3) is 0.615. The number of carbonyl (C=O) groups excluding carboxylic acids is 1. The number of nitrogens with zero attached hydrogens (tertiary/aromatic N) is 2. The van der Waals surface area contributed by atoms with E-state index in [1.54, 1.807) is 4.90 Å². The molecule has 0 radical (unpaired) electrons. The van der Waals surface area contributed by atoms with E-state index < -0.39 is 0 Å². The molecule has 2 heterocycles. The SMILES string of the molecule is O=C(c1cccn1C1CCC1)N1CC[C@@H](O)C1. The zero-order valence-corrected chi connectivity index (χ0v) is 9.88. The van der Waals surface area contributed by atoms with E-state index in [1.165, 1.54) is 19.3 Å². The van der Waals surface area contributed by atoms with Crippen LogP contribution in [0.15, 0.2) is 18.3 Å². The monoisotopic (exact) mass is 234 g/mol. The minimum Gasteiger partial charge on any atom is -0.391 e. The van der Waals surface area contributed by atoms with Crippen LogP contribution in [0.5, 0.6) is 0 Å². The van der Waals surface area contributed by atoms with E-state index >= 15 is 0 Å². The van der Waals surface area contributed by atoms with Crippen LogP contribution in [0.1, 0.15) is 42.2 Å². The molecule has 3 rings (SSSR count). The highest BCUT2D eigenvalue weighted by atomic mass is 16.3. The molecule has 1 N–H and O–H groups in total. The van der Waals surface area contributed by atoms with Crippen molar-refractivity contribution in [3.8, 4) is 0 Å². The van der Waals surface area contributed by atoms with Crippen LogP contribution in [0.4, 0.5) is 0 Å². The Hall–Kier alpha value is -1.29.